The summed E-state index contributed by atoms with van der Waals surface area (Å²) in [4.78, 5) is 22.7. The highest BCUT2D eigenvalue weighted by molar-refractivity contribution is 9.10. The molecule has 106 valence electrons. The summed E-state index contributed by atoms with van der Waals surface area (Å²) in [5.41, 5.74) is 0.974. The molecule has 0 saturated heterocycles. The molecule has 0 atom stereocenters. The van der Waals surface area contributed by atoms with Gasteiger partial charge in [0.2, 0.25) is 0 Å². The Morgan fingerprint density at radius 2 is 2.20 bits per heavy atom. The van der Waals surface area contributed by atoms with Crippen molar-refractivity contribution in [2.45, 2.75) is 20.0 Å². The van der Waals surface area contributed by atoms with Gasteiger partial charge in [0.1, 0.15) is 12.2 Å². The lowest BCUT2D eigenvalue weighted by atomic mass is 10.4. The van der Waals surface area contributed by atoms with Gasteiger partial charge < -0.3 is 15.0 Å². The number of aliphatic carboxylic acids is 1. The highest BCUT2D eigenvalue weighted by atomic mass is 79.9. The summed E-state index contributed by atoms with van der Waals surface area (Å²) in [5.74, 6) is -1.26. The minimum absolute atomic E-state index is 0.243. The van der Waals surface area contributed by atoms with Gasteiger partial charge in [-0.15, -0.1) is 0 Å². The molecule has 0 unspecified atom stereocenters. The molecule has 0 aliphatic carbocycles. The molecular formula is C12H13BrN4O3. The van der Waals surface area contributed by atoms with Gasteiger partial charge in [-0.05, 0) is 28.9 Å². The first-order valence-electron chi connectivity index (χ1n) is 5.91. The predicted molar refractivity (Wildman–Crippen MR) is 75.6 cm³/mol. The lowest BCUT2D eigenvalue weighted by Crippen LogP contribution is -2.16. The Labute approximate surface area is 123 Å². The van der Waals surface area contributed by atoms with Crippen molar-refractivity contribution in [3.05, 3.63) is 34.8 Å². The number of carboxylic acid groups (broad SMARTS) is 1. The first-order chi connectivity index (χ1) is 9.49. The van der Waals surface area contributed by atoms with Gasteiger partial charge in [-0.3, -0.25) is 14.3 Å². The number of carbonyl (C=O) groups is 2. The van der Waals surface area contributed by atoms with Gasteiger partial charge in [0.15, 0.2) is 0 Å². The van der Waals surface area contributed by atoms with Crippen molar-refractivity contribution in [3.63, 3.8) is 0 Å². The van der Waals surface area contributed by atoms with Crippen LogP contribution >= 0.6 is 15.9 Å². The summed E-state index contributed by atoms with van der Waals surface area (Å²) in [7, 11) is 0. The number of hydrogen-bond donors (Lipinski definition) is 2. The van der Waals surface area contributed by atoms with E-state index < -0.39 is 5.97 Å². The number of anilines is 1. The van der Waals surface area contributed by atoms with E-state index >= 15 is 0 Å². The predicted octanol–water partition coefficient (Wildman–Crippen LogP) is 1.80. The molecule has 0 spiro atoms. The Balaban J connectivity index is 2.11. The van der Waals surface area contributed by atoms with Crippen LogP contribution in [0.25, 0.3) is 0 Å². The maximum Gasteiger partial charge on any atom is 0.325 e. The molecule has 2 N–H and O–H groups in total. The van der Waals surface area contributed by atoms with Gasteiger partial charge in [-0.2, -0.15) is 5.10 Å². The van der Waals surface area contributed by atoms with Gasteiger partial charge >= 0.3 is 5.97 Å². The zero-order valence-electron chi connectivity index (χ0n) is 10.7. The number of rotatable bonds is 5. The summed E-state index contributed by atoms with van der Waals surface area (Å²) in [6.45, 7) is 2.37. The molecular weight excluding hydrogens is 328 g/mol. The van der Waals surface area contributed by atoms with Crippen LogP contribution in [0.5, 0.6) is 0 Å². The molecule has 0 bridgehead atoms. The number of carboxylic acids is 1. The second-order valence-electron chi connectivity index (χ2n) is 4.10. The van der Waals surface area contributed by atoms with Crippen LogP contribution in [0.15, 0.2) is 29.1 Å². The SMILES string of the molecule is CCn1cc(Br)cc1C(=O)Nc1cnn(CC(=O)O)c1. The third-order valence-corrected chi connectivity index (χ3v) is 3.06. The Morgan fingerprint density at radius 1 is 1.45 bits per heavy atom. The van der Waals surface area contributed by atoms with Crippen molar-refractivity contribution in [1.29, 1.82) is 0 Å². The van der Waals surface area contributed by atoms with E-state index in [0.717, 1.165) is 4.47 Å². The molecule has 0 saturated carbocycles. The standard InChI is InChI=1S/C12H13BrN4O3/c1-2-16-5-8(13)3-10(16)12(20)15-9-4-14-17(6-9)7-11(18)19/h3-6H,2,7H2,1H3,(H,15,20)(H,18,19). The highest BCUT2D eigenvalue weighted by Crippen LogP contribution is 2.16. The van der Waals surface area contributed by atoms with Crippen molar-refractivity contribution in [1.82, 2.24) is 14.3 Å². The van der Waals surface area contributed by atoms with E-state index in [2.05, 4.69) is 26.3 Å². The van der Waals surface area contributed by atoms with E-state index in [1.807, 2.05) is 13.1 Å². The summed E-state index contributed by atoms with van der Waals surface area (Å²) >= 11 is 3.33. The zero-order chi connectivity index (χ0) is 14.7. The fourth-order valence-electron chi connectivity index (χ4n) is 1.78. The van der Waals surface area contributed by atoms with Gasteiger partial charge in [0.05, 0.1) is 11.9 Å². The normalized spacial score (nSPS) is 10.5. The molecule has 0 aromatic carbocycles. The molecule has 0 aliphatic heterocycles. The van der Waals surface area contributed by atoms with E-state index in [1.54, 1.807) is 10.6 Å². The number of aromatic nitrogens is 3. The monoisotopic (exact) mass is 340 g/mol. The zero-order valence-corrected chi connectivity index (χ0v) is 12.3. The Bertz CT molecular complexity index is 647. The Hall–Kier alpha value is -2.09. The van der Waals surface area contributed by atoms with Crippen LogP contribution in [0, 0.1) is 0 Å². The van der Waals surface area contributed by atoms with Crippen molar-refractivity contribution >= 4 is 33.5 Å². The lowest BCUT2D eigenvalue weighted by Gasteiger charge is -2.05. The molecule has 0 aliphatic rings. The van der Waals surface area contributed by atoms with Crippen LogP contribution in [-0.2, 0) is 17.9 Å². The molecule has 8 heteroatoms. The summed E-state index contributed by atoms with van der Waals surface area (Å²) in [5, 5.41) is 15.2. The molecule has 2 rings (SSSR count). The number of nitrogens with one attached hydrogen (secondary N) is 1. The minimum Gasteiger partial charge on any atom is -0.480 e. The third kappa shape index (κ3) is 3.27. The van der Waals surface area contributed by atoms with Gasteiger partial charge in [-0.25, -0.2) is 0 Å². The van der Waals surface area contributed by atoms with Crippen LogP contribution < -0.4 is 5.32 Å². The van der Waals surface area contributed by atoms with Crippen LogP contribution in [0.1, 0.15) is 17.4 Å². The average molecular weight is 341 g/mol. The van der Waals surface area contributed by atoms with Gasteiger partial charge in [0.25, 0.3) is 5.91 Å². The average Bonchev–Trinajstić information content (AvgIpc) is 2.95. The first-order valence-corrected chi connectivity index (χ1v) is 6.70. The molecule has 20 heavy (non-hydrogen) atoms. The van der Waals surface area contributed by atoms with E-state index in [-0.39, 0.29) is 12.5 Å². The highest BCUT2D eigenvalue weighted by Gasteiger charge is 2.13. The summed E-state index contributed by atoms with van der Waals surface area (Å²) in [6, 6.07) is 1.72. The molecule has 0 fully saturated rings. The number of nitrogens with zero attached hydrogens (tertiary/aromatic N) is 3. The number of hydrogen-bond acceptors (Lipinski definition) is 3. The van der Waals surface area contributed by atoms with E-state index in [1.165, 1.54) is 17.1 Å². The first kappa shape index (κ1) is 14.3. The summed E-state index contributed by atoms with van der Waals surface area (Å²) in [6.07, 6.45) is 4.71. The quantitative estimate of drug-likeness (QED) is 0.868. The van der Waals surface area contributed by atoms with Crippen LogP contribution in [0.4, 0.5) is 5.69 Å². The number of halogens is 1. The van der Waals surface area contributed by atoms with Gasteiger partial charge in [0, 0.05) is 23.4 Å². The number of carbonyl (C=O) groups excluding carboxylic acids is 1. The minimum atomic E-state index is -0.991. The van der Waals surface area contributed by atoms with E-state index in [9.17, 15) is 9.59 Å². The number of amides is 1. The molecule has 2 heterocycles. The fraction of sp³-hybridized carbons (Fsp3) is 0.250. The lowest BCUT2D eigenvalue weighted by molar-refractivity contribution is -0.137. The fourth-order valence-corrected chi connectivity index (χ4v) is 2.24. The number of aryl methyl sites for hydroxylation is 1. The maximum atomic E-state index is 12.1. The van der Waals surface area contributed by atoms with E-state index in [4.69, 9.17) is 5.11 Å². The largest absolute Gasteiger partial charge is 0.480 e. The van der Waals surface area contributed by atoms with Crippen molar-refractivity contribution in [2.24, 2.45) is 0 Å². The Kier molecular flexibility index (Phi) is 4.23. The van der Waals surface area contributed by atoms with Crippen molar-refractivity contribution in [3.8, 4) is 0 Å². The van der Waals surface area contributed by atoms with E-state index in [0.29, 0.717) is 17.9 Å². The molecule has 1 amide bonds. The van der Waals surface area contributed by atoms with Crippen LogP contribution in [0.3, 0.4) is 0 Å². The smallest absolute Gasteiger partial charge is 0.325 e. The molecule has 0 radical (unpaired) electrons. The molecule has 2 aromatic heterocycles. The Morgan fingerprint density at radius 3 is 2.85 bits per heavy atom. The van der Waals surface area contributed by atoms with Crippen LogP contribution in [-0.4, -0.2) is 31.3 Å². The van der Waals surface area contributed by atoms with Crippen molar-refractivity contribution in [2.75, 3.05) is 5.32 Å². The topological polar surface area (TPSA) is 89.2 Å². The second kappa shape index (κ2) is 5.91. The third-order valence-electron chi connectivity index (χ3n) is 2.62. The molecule has 7 nitrogen and oxygen atoms in total. The molecule has 2 aromatic rings. The second-order valence-corrected chi connectivity index (χ2v) is 5.02. The maximum absolute atomic E-state index is 12.1. The van der Waals surface area contributed by atoms with Crippen LogP contribution in [0.2, 0.25) is 0 Å². The van der Waals surface area contributed by atoms with Crippen molar-refractivity contribution < 1.29 is 14.7 Å². The van der Waals surface area contributed by atoms with Gasteiger partial charge in [-0.1, -0.05) is 0 Å². The summed E-state index contributed by atoms with van der Waals surface area (Å²) < 4.78 is 3.87.